The second kappa shape index (κ2) is 6.53. The minimum atomic E-state index is -0.0852. The average molecular weight is 259 g/mol. The van der Waals surface area contributed by atoms with E-state index in [4.69, 9.17) is 4.74 Å². The van der Waals surface area contributed by atoms with Crippen molar-refractivity contribution in [2.24, 2.45) is 5.92 Å². The van der Waals surface area contributed by atoms with Gasteiger partial charge in [-0.2, -0.15) is 0 Å². The molecule has 1 aliphatic heterocycles. The molecule has 0 N–H and O–H groups in total. The fourth-order valence-electron chi connectivity index (χ4n) is 2.53. The van der Waals surface area contributed by atoms with E-state index in [-0.39, 0.29) is 17.7 Å². The van der Waals surface area contributed by atoms with Gasteiger partial charge in [-0.05, 0) is 5.56 Å². The smallest absolute Gasteiger partial charge is 0.226 e. The fourth-order valence-corrected chi connectivity index (χ4v) is 2.53. The second-order valence-electron chi connectivity index (χ2n) is 4.90. The van der Waals surface area contributed by atoms with Crippen LogP contribution in [0.4, 0.5) is 0 Å². The minimum Gasteiger partial charge on any atom is -0.378 e. The zero-order valence-electron chi connectivity index (χ0n) is 11.4. The predicted molar refractivity (Wildman–Crippen MR) is 75.9 cm³/mol. The van der Waals surface area contributed by atoms with Crippen LogP contribution in [0.5, 0.6) is 0 Å². The van der Waals surface area contributed by atoms with Crippen LogP contribution in [-0.4, -0.2) is 37.1 Å². The number of carbonyl (C=O) groups excluding carboxylic acids is 1. The van der Waals surface area contributed by atoms with Gasteiger partial charge in [0.15, 0.2) is 0 Å². The molecule has 3 nitrogen and oxygen atoms in total. The van der Waals surface area contributed by atoms with E-state index in [1.807, 2.05) is 36.1 Å². The number of allylic oxidation sites excluding steroid dienone is 1. The Labute approximate surface area is 114 Å². The SMILES string of the molecule is C=C[C@@H](c1ccccc1)[C@H](C)C(=O)N1CCOCC1. The van der Waals surface area contributed by atoms with Crippen LogP contribution < -0.4 is 0 Å². The van der Waals surface area contributed by atoms with Gasteiger partial charge in [0.1, 0.15) is 0 Å². The third-order valence-electron chi connectivity index (χ3n) is 3.69. The van der Waals surface area contributed by atoms with Crippen molar-refractivity contribution in [1.29, 1.82) is 0 Å². The standard InChI is InChI=1S/C16H21NO2/c1-3-15(14-7-5-4-6-8-14)13(2)16(18)17-9-11-19-12-10-17/h3-8,13,15H,1,9-12H2,2H3/t13-,15+/m0/s1. The molecule has 0 aliphatic carbocycles. The molecular weight excluding hydrogens is 238 g/mol. The first-order valence-electron chi connectivity index (χ1n) is 6.78. The van der Waals surface area contributed by atoms with E-state index in [0.717, 1.165) is 5.56 Å². The topological polar surface area (TPSA) is 29.5 Å². The monoisotopic (exact) mass is 259 g/mol. The van der Waals surface area contributed by atoms with Crippen molar-refractivity contribution in [2.75, 3.05) is 26.3 Å². The maximum absolute atomic E-state index is 12.5. The van der Waals surface area contributed by atoms with Crippen LogP contribution in [0.15, 0.2) is 43.0 Å². The first-order valence-corrected chi connectivity index (χ1v) is 6.78. The molecule has 1 amide bonds. The van der Waals surface area contributed by atoms with Crippen LogP contribution >= 0.6 is 0 Å². The number of rotatable bonds is 4. The number of benzene rings is 1. The summed E-state index contributed by atoms with van der Waals surface area (Å²) in [6.45, 7) is 8.55. The zero-order valence-corrected chi connectivity index (χ0v) is 11.4. The molecule has 2 atom stereocenters. The second-order valence-corrected chi connectivity index (χ2v) is 4.90. The summed E-state index contributed by atoms with van der Waals surface area (Å²) in [6.07, 6.45) is 1.87. The van der Waals surface area contributed by atoms with E-state index in [9.17, 15) is 4.79 Å². The summed E-state index contributed by atoms with van der Waals surface area (Å²) < 4.78 is 5.29. The number of carbonyl (C=O) groups is 1. The van der Waals surface area contributed by atoms with Gasteiger partial charge in [-0.25, -0.2) is 0 Å². The predicted octanol–water partition coefficient (Wildman–Crippen LogP) is 2.45. The lowest BCUT2D eigenvalue weighted by atomic mass is 9.86. The van der Waals surface area contributed by atoms with E-state index in [1.54, 1.807) is 0 Å². The lowest BCUT2D eigenvalue weighted by Crippen LogP contribution is -2.44. The van der Waals surface area contributed by atoms with Crippen molar-refractivity contribution in [2.45, 2.75) is 12.8 Å². The molecule has 19 heavy (non-hydrogen) atoms. The highest BCUT2D eigenvalue weighted by atomic mass is 16.5. The Balaban J connectivity index is 2.09. The van der Waals surface area contributed by atoms with E-state index in [0.29, 0.717) is 26.3 Å². The van der Waals surface area contributed by atoms with E-state index >= 15 is 0 Å². The van der Waals surface area contributed by atoms with Crippen molar-refractivity contribution in [3.63, 3.8) is 0 Å². The Hall–Kier alpha value is -1.61. The highest BCUT2D eigenvalue weighted by Gasteiger charge is 2.28. The quantitative estimate of drug-likeness (QED) is 0.777. The zero-order chi connectivity index (χ0) is 13.7. The number of ether oxygens (including phenoxy) is 1. The highest BCUT2D eigenvalue weighted by Crippen LogP contribution is 2.27. The molecule has 2 rings (SSSR count). The maximum atomic E-state index is 12.5. The molecular formula is C16H21NO2. The molecule has 0 spiro atoms. The van der Waals surface area contributed by atoms with E-state index in [2.05, 4.69) is 18.7 Å². The van der Waals surface area contributed by atoms with Crippen molar-refractivity contribution in [1.82, 2.24) is 4.90 Å². The van der Waals surface area contributed by atoms with Gasteiger partial charge in [-0.15, -0.1) is 6.58 Å². The molecule has 0 radical (unpaired) electrons. The van der Waals surface area contributed by atoms with Crippen LogP contribution in [0.3, 0.4) is 0 Å². The van der Waals surface area contributed by atoms with Gasteiger partial charge >= 0.3 is 0 Å². The van der Waals surface area contributed by atoms with Crippen molar-refractivity contribution < 1.29 is 9.53 Å². The third-order valence-corrected chi connectivity index (χ3v) is 3.69. The Morgan fingerprint density at radius 3 is 2.53 bits per heavy atom. The summed E-state index contributed by atoms with van der Waals surface area (Å²) in [5.41, 5.74) is 1.15. The maximum Gasteiger partial charge on any atom is 0.226 e. The number of nitrogens with zero attached hydrogens (tertiary/aromatic N) is 1. The van der Waals surface area contributed by atoms with Gasteiger partial charge in [0, 0.05) is 24.9 Å². The van der Waals surface area contributed by atoms with Gasteiger partial charge < -0.3 is 9.64 Å². The Morgan fingerprint density at radius 1 is 1.32 bits per heavy atom. The molecule has 102 valence electrons. The Kier molecular flexibility index (Phi) is 4.74. The molecule has 0 bridgehead atoms. The van der Waals surface area contributed by atoms with Crippen LogP contribution in [0.1, 0.15) is 18.4 Å². The minimum absolute atomic E-state index is 0.0662. The third kappa shape index (κ3) is 3.24. The summed E-state index contributed by atoms with van der Waals surface area (Å²) in [6, 6.07) is 10.1. The normalized spacial score (nSPS) is 18.7. The van der Waals surface area contributed by atoms with Crippen LogP contribution in [0.25, 0.3) is 0 Å². The van der Waals surface area contributed by atoms with Crippen LogP contribution in [-0.2, 0) is 9.53 Å². The molecule has 1 aliphatic rings. The molecule has 1 aromatic carbocycles. The summed E-state index contributed by atoms with van der Waals surface area (Å²) in [5, 5.41) is 0. The van der Waals surface area contributed by atoms with Crippen molar-refractivity contribution in [3.8, 4) is 0 Å². The van der Waals surface area contributed by atoms with Gasteiger partial charge in [0.05, 0.1) is 13.2 Å². The lowest BCUT2D eigenvalue weighted by molar-refractivity contribution is -0.139. The number of morpholine rings is 1. The van der Waals surface area contributed by atoms with Gasteiger partial charge in [-0.3, -0.25) is 4.79 Å². The number of amides is 1. The van der Waals surface area contributed by atoms with Gasteiger partial charge in [0.25, 0.3) is 0 Å². The molecule has 0 aromatic heterocycles. The lowest BCUT2D eigenvalue weighted by Gasteiger charge is -2.31. The molecule has 0 saturated carbocycles. The average Bonchev–Trinajstić information content (AvgIpc) is 2.49. The molecule has 1 aromatic rings. The molecule has 1 fully saturated rings. The van der Waals surface area contributed by atoms with Crippen molar-refractivity contribution >= 4 is 5.91 Å². The molecule has 1 saturated heterocycles. The van der Waals surface area contributed by atoms with E-state index in [1.165, 1.54) is 0 Å². The molecule has 0 unspecified atom stereocenters. The summed E-state index contributed by atoms with van der Waals surface area (Å²) in [4.78, 5) is 14.4. The number of hydrogen-bond acceptors (Lipinski definition) is 2. The number of hydrogen-bond donors (Lipinski definition) is 0. The first-order chi connectivity index (χ1) is 9.24. The van der Waals surface area contributed by atoms with E-state index < -0.39 is 0 Å². The van der Waals surface area contributed by atoms with Crippen LogP contribution in [0, 0.1) is 5.92 Å². The summed E-state index contributed by atoms with van der Waals surface area (Å²) in [5.74, 6) is 0.173. The Bertz CT molecular complexity index is 424. The molecule has 1 heterocycles. The van der Waals surface area contributed by atoms with Crippen LogP contribution in [0.2, 0.25) is 0 Å². The first kappa shape index (κ1) is 13.8. The summed E-state index contributed by atoms with van der Waals surface area (Å²) in [7, 11) is 0. The van der Waals surface area contributed by atoms with Gasteiger partial charge in [-0.1, -0.05) is 43.3 Å². The van der Waals surface area contributed by atoms with Gasteiger partial charge in [0.2, 0.25) is 5.91 Å². The fraction of sp³-hybridized carbons (Fsp3) is 0.438. The molecule has 3 heteroatoms. The largest absolute Gasteiger partial charge is 0.378 e. The Morgan fingerprint density at radius 2 is 1.95 bits per heavy atom. The van der Waals surface area contributed by atoms with Crippen molar-refractivity contribution in [3.05, 3.63) is 48.6 Å². The summed E-state index contributed by atoms with van der Waals surface area (Å²) >= 11 is 0. The highest BCUT2D eigenvalue weighted by molar-refractivity contribution is 5.80.